The first-order valence-electron chi connectivity index (χ1n) is 5.57. The fourth-order valence-electron chi connectivity index (χ4n) is 1.77. The Kier molecular flexibility index (Phi) is 4.55. The molecule has 1 heterocycles. The van der Waals surface area contributed by atoms with Gasteiger partial charge in [-0.15, -0.1) is 11.3 Å². The molecule has 0 saturated carbocycles. The molecule has 1 aromatic heterocycles. The second kappa shape index (κ2) is 6.16. The summed E-state index contributed by atoms with van der Waals surface area (Å²) in [7, 11) is 1.62. The molecule has 2 aromatic rings. The topological polar surface area (TPSA) is 26.3 Å². The van der Waals surface area contributed by atoms with E-state index in [0.717, 1.165) is 20.0 Å². The Morgan fingerprint density at radius 2 is 2.00 bits per heavy atom. The van der Waals surface area contributed by atoms with Crippen molar-refractivity contribution in [3.8, 4) is 5.75 Å². The van der Waals surface area contributed by atoms with E-state index >= 15 is 0 Å². The number of hydrogen-bond donors (Lipinski definition) is 0. The highest BCUT2D eigenvalue weighted by Gasteiger charge is 2.10. The van der Waals surface area contributed by atoms with Crippen molar-refractivity contribution in [1.29, 1.82) is 0 Å². The number of benzene rings is 1. The third kappa shape index (κ3) is 3.43. The van der Waals surface area contributed by atoms with Gasteiger partial charge in [-0.05, 0) is 34.1 Å². The zero-order valence-corrected chi connectivity index (χ0v) is 12.4. The van der Waals surface area contributed by atoms with Gasteiger partial charge in [0.25, 0.3) is 0 Å². The molecule has 0 bridgehead atoms. The molecule has 0 unspecified atom stereocenters. The quantitative estimate of drug-likeness (QED) is 0.834. The third-order valence-corrected chi connectivity index (χ3v) is 4.20. The number of carbonyl (C=O) groups is 1. The lowest BCUT2D eigenvalue weighted by Gasteiger charge is -2.06. The number of ether oxygens (including phenoxy) is 1. The van der Waals surface area contributed by atoms with E-state index < -0.39 is 0 Å². The lowest BCUT2D eigenvalue weighted by molar-refractivity contribution is -0.117. The predicted octanol–water partition coefficient (Wildman–Crippen LogP) is 3.87. The van der Waals surface area contributed by atoms with Gasteiger partial charge in [-0.25, -0.2) is 0 Å². The smallest absolute Gasteiger partial charge is 0.142 e. The summed E-state index contributed by atoms with van der Waals surface area (Å²) in [5, 5.41) is 0. The molecule has 0 aliphatic carbocycles. The fraction of sp³-hybridized carbons (Fsp3) is 0.214. The molecule has 0 atom stereocenters. The van der Waals surface area contributed by atoms with Crippen molar-refractivity contribution in [2.45, 2.75) is 12.8 Å². The number of carbonyl (C=O) groups excluding carboxylic acids is 1. The summed E-state index contributed by atoms with van der Waals surface area (Å²) in [6, 6.07) is 11.6. The number of methoxy groups -OCH3 is 1. The van der Waals surface area contributed by atoms with Crippen LogP contribution in [0.25, 0.3) is 0 Å². The van der Waals surface area contributed by atoms with Crippen molar-refractivity contribution in [2.75, 3.05) is 7.11 Å². The number of para-hydroxylation sites is 1. The molecule has 0 N–H and O–H groups in total. The first-order chi connectivity index (χ1) is 8.69. The molecule has 0 saturated heterocycles. The van der Waals surface area contributed by atoms with E-state index in [1.54, 1.807) is 18.4 Å². The summed E-state index contributed by atoms with van der Waals surface area (Å²) < 4.78 is 6.30. The van der Waals surface area contributed by atoms with Crippen LogP contribution in [-0.4, -0.2) is 12.9 Å². The van der Waals surface area contributed by atoms with Crippen LogP contribution in [0.4, 0.5) is 0 Å². The third-order valence-electron chi connectivity index (χ3n) is 2.58. The van der Waals surface area contributed by atoms with Gasteiger partial charge in [-0.1, -0.05) is 18.2 Å². The molecule has 2 rings (SSSR count). The highest BCUT2D eigenvalue weighted by molar-refractivity contribution is 9.11. The Labute approximate surface area is 119 Å². The van der Waals surface area contributed by atoms with Gasteiger partial charge in [0.15, 0.2) is 0 Å². The minimum Gasteiger partial charge on any atom is -0.496 e. The molecular weight excluding hydrogens is 312 g/mol. The molecule has 4 heteroatoms. The molecule has 0 aliphatic rings. The Hall–Kier alpha value is -1.13. The molecule has 0 aliphatic heterocycles. The molecule has 0 fully saturated rings. The lowest BCUT2D eigenvalue weighted by atomic mass is 10.1. The second-order valence-corrected chi connectivity index (χ2v) is 6.46. The zero-order valence-electron chi connectivity index (χ0n) is 9.98. The van der Waals surface area contributed by atoms with Crippen LogP contribution in [0.3, 0.4) is 0 Å². The maximum Gasteiger partial charge on any atom is 0.142 e. The molecule has 1 aromatic carbocycles. The monoisotopic (exact) mass is 324 g/mol. The SMILES string of the molecule is COc1ccccc1CC(=O)Cc1ccc(Br)s1. The Morgan fingerprint density at radius 3 is 2.67 bits per heavy atom. The molecule has 18 heavy (non-hydrogen) atoms. The molecule has 94 valence electrons. The molecule has 2 nitrogen and oxygen atoms in total. The van der Waals surface area contributed by atoms with Gasteiger partial charge >= 0.3 is 0 Å². The number of rotatable bonds is 5. The van der Waals surface area contributed by atoms with E-state index in [4.69, 9.17) is 4.74 Å². The van der Waals surface area contributed by atoms with E-state index in [1.807, 2.05) is 36.4 Å². The van der Waals surface area contributed by atoms with Gasteiger partial charge in [-0.2, -0.15) is 0 Å². The maximum absolute atomic E-state index is 12.0. The molecule has 0 radical (unpaired) electrons. The van der Waals surface area contributed by atoms with Crippen LogP contribution in [0, 0.1) is 0 Å². The Balaban J connectivity index is 2.03. The van der Waals surface area contributed by atoms with Crippen LogP contribution in [-0.2, 0) is 17.6 Å². The van der Waals surface area contributed by atoms with Crippen LogP contribution in [0.1, 0.15) is 10.4 Å². The molecular formula is C14H13BrO2S. The maximum atomic E-state index is 12.0. The number of thiophene rings is 1. The van der Waals surface area contributed by atoms with Gasteiger partial charge in [0.1, 0.15) is 11.5 Å². The van der Waals surface area contributed by atoms with E-state index in [9.17, 15) is 4.79 Å². The number of halogens is 1. The summed E-state index contributed by atoms with van der Waals surface area (Å²) in [6.45, 7) is 0. The summed E-state index contributed by atoms with van der Waals surface area (Å²) in [5.74, 6) is 0.979. The largest absolute Gasteiger partial charge is 0.496 e. The lowest BCUT2D eigenvalue weighted by Crippen LogP contribution is -2.06. The number of ketones is 1. The fourth-order valence-corrected chi connectivity index (χ4v) is 3.28. The minimum absolute atomic E-state index is 0.203. The predicted molar refractivity (Wildman–Crippen MR) is 77.4 cm³/mol. The van der Waals surface area contributed by atoms with Gasteiger partial charge in [0, 0.05) is 23.3 Å². The van der Waals surface area contributed by atoms with Gasteiger partial charge in [-0.3, -0.25) is 4.79 Å². The van der Waals surface area contributed by atoms with Crippen molar-refractivity contribution in [2.24, 2.45) is 0 Å². The molecule has 0 amide bonds. The first kappa shape index (κ1) is 13.3. The summed E-state index contributed by atoms with van der Waals surface area (Å²) >= 11 is 5.00. The van der Waals surface area contributed by atoms with E-state index in [2.05, 4.69) is 15.9 Å². The highest BCUT2D eigenvalue weighted by atomic mass is 79.9. The number of hydrogen-bond acceptors (Lipinski definition) is 3. The van der Waals surface area contributed by atoms with Gasteiger partial charge in [0.05, 0.1) is 10.9 Å². The highest BCUT2D eigenvalue weighted by Crippen LogP contribution is 2.24. The van der Waals surface area contributed by atoms with Crippen LogP contribution < -0.4 is 4.74 Å². The Bertz CT molecular complexity index is 548. The van der Waals surface area contributed by atoms with Crippen LogP contribution >= 0.6 is 27.3 Å². The van der Waals surface area contributed by atoms with Gasteiger partial charge in [0.2, 0.25) is 0 Å². The minimum atomic E-state index is 0.203. The van der Waals surface area contributed by atoms with Crippen LogP contribution in [0.2, 0.25) is 0 Å². The number of Topliss-reactive ketones (excluding diaryl/α,β-unsaturated/α-hetero) is 1. The van der Waals surface area contributed by atoms with E-state index in [1.165, 1.54) is 0 Å². The van der Waals surface area contributed by atoms with Crippen molar-refractivity contribution >= 4 is 33.0 Å². The van der Waals surface area contributed by atoms with Crippen molar-refractivity contribution in [1.82, 2.24) is 0 Å². The molecule has 0 spiro atoms. The summed E-state index contributed by atoms with van der Waals surface area (Å²) in [5.41, 5.74) is 0.945. The van der Waals surface area contributed by atoms with Crippen molar-refractivity contribution < 1.29 is 9.53 Å². The standard InChI is InChI=1S/C14H13BrO2S/c1-17-13-5-3-2-4-10(13)8-11(16)9-12-6-7-14(15)18-12/h2-7H,8-9H2,1H3. The van der Waals surface area contributed by atoms with Crippen LogP contribution in [0.15, 0.2) is 40.2 Å². The average molecular weight is 325 g/mol. The summed E-state index contributed by atoms with van der Waals surface area (Å²) in [6.07, 6.45) is 0.897. The van der Waals surface area contributed by atoms with Crippen molar-refractivity contribution in [3.05, 3.63) is 50.6 Å². The average Bonchev–Trinajstić information content (AvgIpc) is 2.75. The van der Waals surface area contributed by atoms with Crippen LogP contribution in [0.5, 0.6) is 5.75 Å². The van der Waals surface area contributed by atoms with E-state index in [0.29, 0.717) is 12.8 Å². The summed E-state index contributed by atoms with van der Waals surface area (Å²) in [4.78, 5) is 13.1. The first-order valence-corrected chi connectivity index (χ1v) is 7.18. The van der Waals surface area contributed by atoms with Crippen molar-refractivity contribution in [3.63, 3.8) is 0 Å². The second-order valence-electron chi connectivity index (χ2n) is 3.91. The van der Waals surface area contributed by atoms with E-state index in [-0.39, 0.29) is 5.78 Å². The Morgan fingerprint density at radius 1 is 1.22 bits per heavy atom. The van der Waals surface area contributed by atoms with Gasteiger partial charge < -0.3 is 4.74 Å². The normalized spacial score (nSPS) is 10.3. The zero-order chi connectivity index (χ0) is 13.0.